The number of anilines is 1. The molecule has 0 aliphatic heterocycles. The molecule has 7 nitrogen and oxygen atoms in total. The van der Waals surface area contributed by atoms with E-state index < -0.39 is 6.23 Å². The molecule has 0 saturated carbocycles. The number of pyridine rings is 1. The number of hydrogen-bond donors (Lipinski definition) is 4. The van der Waals surface area contributed by atoms with Gasteiger partial charge in [0.05, 0.1) is 12.3 Å². The summed E-state index contributed by atoms with van der Waals surface area (Å²) in [6.45, 7) is 3.52. The number of nitrogens with one attached hydrogen (secondary N) is 2. The van der Waals surface area contributed by atoms with E-state index in [9.17, 15) is 5.11 Å². The Kier molecular flexibility index (Phi) is 7.87. The normalized spacial score (nSPS) is 13.0. The van der Waals surface area contributed by atoms with Gasteiger partial charge < -0.3 is 20.4 Å². The highest BCUT2D eigenvalue weighted by Crippen LogP contribution is 2.21. The second-order valence-electron chi connectivity index (χ2n) is 5.91. The van der Waals surface area contributed by atoms with Gasteiger partial charge in [0, 0.05) is 19.9 Å². The van der Waals surface area contributed by atoms with Gasteiger partial charge in [0.1, 0.15) is 17.7 Å². The van der Waals surface area contributed by atoms with E-state index in [0.717, 1.165) is 35.6 Å². The number of methoxy groups -OCH3 is 1. The van der Waals surface area contributed by atoms with Crippen LogP contribution < -0.4 is 10.8 Å². The van der Waals surface area contributed by atoms with Crippen LogP contribution in [0.2, 0.25) is 0 Å². The van der Waals surface area contributed by atoms with E-state index in [4.69, 9.17) is 14.9 Å². The van der Waals surface area contributed by atoms with Crippen LogP contribution in [0.1, 0.15) is 37.4 Å². The molecule has 25 heavy (non-hydrogen) atoms. The number of unbranched alkanes of at least 4 members (excludes halogenated alkanes) is 2. The molecule has 2 heterocycles. The molecule has 1 atom stereocenters. The Morgan fingerprint density at radius 1 is 1.36 bits per heavy atom. The fraction of sp³-hybridized carbons (Fsp3) is 0.500. The summed E-state index contributed by atoms with van der Waals surface area (Å²) >= 11 is 0. The number of aryl methyl sites for hydroxylation is 1. The highest BCUT2D eigenvalue weighted by atomic mass is 16.5. The highest BCUT2D eigenvalue weighted by Gasteiger charge is 2.12. The molecular weight excluding hydrogens is 320 g/mol. The van der Waals surface area contributed by atoms with Gasteiger partial charge in [-0.25, -0.2) is 4.98 Å². The number of rotatable bonds is 11. The van der Waals surface area contributed by atoms with Gasteiger partial charge in [-0.05, 0) is 36.6 Å². The molecule has 4 N–H and O–H groups in total. The number of aliphatic hydroxyl groups excluding tert-OH is 1. The fourth-order valence-corrected chi connectivity index (χ4v) is 2.63. The van der Waals surface area contributed by atoms with Gasteiger partial charge in [0.25, 0.3) is 0 Å². The van der Waals surface area contributed by atoms with E-state index in [2.05, 4.69) is 12.2 Å². The fourth-order valence-electron chi connectivity index (χ4n) is 2.63. The van der Waals surface area contributed by atoms with Crippen LogP contribution >= 0.6 is 0 Å². The first kappa shape index (κ1) is 19.4. The molecule has 2 aromatic heterocycles. The molecule has 7 heteroatoms. The molecule has 0 bridgehead atoms. The first-order chi connectivity index (χ1) is 12.2. The maximum absolute atomic E-state index is 9.36. The minimum absolute atomic E-state index is 0.621. The molecule has 0 saturated heterocycles. The third kappa shape index (κ3) is 5.54. The summed E-state index contributed by atoms with van der Waals surface area (Å²) in [5.74, 6) is 0.985. The van der Waals surface area contributed by atoms with E-state index in [1.807, 2.05) is 22.7 Å². The van der Waals surface area contributed by atoms with Gasteiger partial charge in [0.15, 0.2) is 0 Å². The predicted molar refractivity (Wildman–Crippen MR) is 98.7 cm³/mol. The zero-order chi connectivity index (χ0) is 18.1. The number of aliphatic hydroxyl groups is 1. The molecule has 0 fully saturated rings. The van der Waals surface area contributed by atoms with Crippen LogP contribution in [-0.4, -0.2) is 46.2 Å². The van der Waals surface area contributed by atoms with Crippen LogP contribution in [-0.2, 0) is 11.2 Å². The average molecular weight is 348 g/mol. The number of nitrogens with zero attached hydrogens (tertiary/aromatic N) is 2. The van der Waals surface area contributed by atoms with E-state index in [0.29, 0.717) is 13.2 Å². The van der Waals surface area contributed by atoms with Crippen LogP contribution in [0.5, 0.6) is 0 Å². The van der Waals surface area contributed by atoms with Crippen LogP contribution in [0.4, 0.5) is 5.82 Å². The van der Waals surface area contributed by atoms with Crippen molar-refractivity contribution in [2.75, 3.05) is 25.6 Å². The Labute approximate surface area is 148 Å². The van der Waals surface area contributed by atoms with Gasteiger partial charge >= 0.3 is 0 Å². The van der Waals surface area contributed by atoms with Crippen LogP contribution in [0.3, 0.4) is 0 Å². The van der Waals surface area contributed by atoms with E-state index in [1.54, 1.807) is 18.7 Å². The van der Waals surface area contributed by atoms with Crippen molar-refractivity contribution >= 4 is 17.5 Å². The predicted octanol–water partition coefficient (Wildman–Crippen LogP) is 2.44. The van der Waals surface area contributed by atoms with Crippen LogP contribution in [0, 0.1) is 0 Å². The minimum Gasteiger partial charge on any atom is -0.383 e. The van der Waals surface area contributed by atoms with Crippen molar-refractivity contribution in [2.24, 2.45) is 0 Å². The van der Waals surface area contributed by atoms with Crippen LogP contribution in [0.25, 0.3) is 11.7 Å². The van der Waals surface area contributed by atoms with Crippen molar-refractivity contribution in [3.05, 3.63) is 35.7 Å². The summed E-state index contributed by atoms with van der Waals surface area (Å²) in [6, 6.07) is 3.88. The Morgan fingerprint density at radius 3 is 2.92 bits per heavy atom. The number of fused-ring (bicyclic) bond motifs is 1. The van der Waals surface area contributed by atoms with Crippen molar-refractivity contribution in [1.29, 1.82) is 0 Å². The van der Waals surface area contributed by atoms with Crippen molar-refractivity contribution in [2.45, 2.75) is 38.8 Å². The SMILES string of the molecule is CCCCCc1nc2ccc(/C=C/C(O)NO)cn2c1NCCOC. The molecule has 0 aliphatic carbocycles. The lowest BCUT2D eigenvalue weighted by atomic mass is 10.1. The summed E-state index contributed by atoms with van der Waals surface area (Å²) in [4.78, 5) is 4.75. The molecule has 0 spiro atoms. The maximum Gasteiger partial charge on any atom is 0.146 e. The lowest BCUT2D eigenvalue weighted by Crippen LogP contribution is -2.21. The van der Waals surface area contributed by atoms with Crippen molar-refractivity contribution in [3.63, 3.8) is 0 Å². The zero-order valence-corrected chi connectivity index (χ0v) is 14.9. The number of hydroxylamine groups is 1. The second-order valence-corrected chi connectivity index (χ2v) is 5.91. The largest absolute Gasteiger partial charge is 0.383 e. The third-order valence-electron chi connectivity index (χ3n) is 3.93. The first-order valence-electron chi connectivity index (χ1n) is 8.69. The Bertz CT molecular complexity index is 684. The van der Waals surface area contributed by atoms with E-state index in [-0.39, 0.29) is 0 Å². The molecule has 0 aromatic carbocycles. The summed E-state index contributed by atoms with van der Waals surface area (Å²) in [5.41, 5.74) is 4.61. The summed E-state index contributed by atoms with van der Waals surface area (Å²) in [5, 5.41) is 21.4. The lowest BCUT2D eigenvalue weighted by molar-refractivity contribution is 0.0323. The number of ether oxygens (including phenoxy) is 1. The summed E-state index contributed by atoms with van der Waals surface area (Å²) in [6.07, 6.45) is 8.48. The van der Waals surface area contributed by atoms with Gasteiger partial charge in [-0.3, -0.25) is 4.40 Å². The smallest absolute Gasteiger partial charge is 0.146 e. The Balaban J connectivity index is 2.29. The molecule has 0 radical (unpaired) electrons. The topological polar surface area (TPSA) is 91.1 Å². The second kappa shape index (κ2) is 10.1. The van der Waals surface area contributed by atoms with Crippen LogP contribution in [0.15, 0.2) is 24.4 Å². The molecular formula is C18H28N4O3. The zero-order valence-electron chi connectivity index (χ0n) is 14.9. The number of aromatic nitrogens is 2. The number of hydrogen-bond acceptors (Lipinski definition) is 6. The Morgan fingerprint density at radius 2 is 2.20 bits per heavy atom. The van der Waals surface area contributed by atoms with Gasteiger partial charge in [-0.2, -0.15) is 5.48 Å². The molecule has 0 amide bonds. The van der Waals surface area contributed by atoms with Gasteiger partial charge in [-0.15, -0.1) is 0 Å². The van der Waals surface area contributed by atoms with Gasteiger partial charge in [0.2, 0.25) is 0 Å². The highest BCUT2D eigenvalue weighted by molar-refractivity contribution is 5.60. The molecule has 2 rings (SSSR count). The molecule has 0 aliphatic rings. The minimum atomic E-state index is -1.10. The first-order valence-corrected chi connectivity index (χ1v) is 8.69. The summed E-state index contributed by atoms with van der Waals surface area (Å²) in [7, 11) is 1.68. The molecule has 138 valence electrons. The van der Waals surface area contributed by atoms with Crippen molar-refractivity contribution in [3.8, 4) is 0 Å². The lowest BCUT2D eigenvalue weighted by Gasteiger charge is -2.09. The Hall–Kier alpha value is -1.93. The van der Waals surface area contributed by atoms with Gasteiger partial charge in [-0.1, -0.05) is 25.8 Å². The number of imidazole rings is 1. The monoisotopic (exact) mass is 348 g/mol. The summed E-state index contributed by atoms with van der Waals surface area (Å²) < 4.78 is 7.15. The molecule has 2 aromatic rings. The third-order valence-corrected chi connectivity index (χ3v) is 3.93. The maximum atomic E-state index is 9.36. The quantitative estimate of drug-likeness (QED) is 0.283. The van der Waals surface area contributed by atoms with Crippen molar-refractivity contribution < 1.29 is 15.1 Å². The standard InChI is InChI=1S/C18H28N4O3/c1-3-4-5-6-15-18(19-11-12-25-2)22-13-14(7-9-16(22)20-15)8-10-17(23)21-24/h7-10,13,17,19,21,23-24H,3-6,11-12H2,1-2H3/b10-8+. The average Bonchev–Trinajstić information content (AvgIpc) is 2.97. The molecule has 1 unspecified atom stereocenters. The van der Waals surface area contributed by atoms with E-state index >= 15 is 0 Å². The van der Waals surface area contributed by atoms with Crippen molar-refractivity contribution in [1.82, 2.24) is 14.9 Å². The van der Waals surface area contributed by atoms with E-state index in [1.165, 1.54) is 18.9 Å².